The van der Waals surface area contributed by atoms with Gasteiger partial charge < -0.3 is 16.0 Å². The number of nitrogens with one attached hydrogen (secondary N) is 1. The summed E-state index contributed by atoms with van der Waals surface area (Å²) < 4.78 is 0. The molecule has 0 aromatic heterocycles. The lowest BCUT2D eigenvalue weighted by Crippen LogP contribution is -2.50. The van der Waals surface area contributed by atoms with Crippen LogP contribution >= 0.6 is 24.8 Å². The van der Waals surface area contributed by atoms with Crippen molar-refractivity contribution in [3.63, 3.8) is 0 Å². The predicted molar refractivity (Wildman–Crippen MR) is 80.7 cm³/mol. The second-order valence-corrected chi connectivity index (χ2v) is 5.40. The molecule has 0 atom stereocenters. The lowest BCUT2D eigenvalue weighted by Gasteiger charge is -2.25. The standard InChI is InChI=1S/C12H25N3O.2ClH/c1-12(2,13)11(16)14-8-9-15(3)10-6-4-5-7-10;;/h10H,4-9,13H2,1-3H3,(H,14,16);2*1H. The van der Waals surface area contributed by atoms with Crippen LogP contribution in [0, 0.1) is 0 Å². The minimum Gasteiger partial charge on any atom is -0.353 e. The number of halogens is 2. The largest absolute Gasteiger partial charge is 0.353 e. The highest BCUT2D eigenvalue weighted by atomic mass is 35.5. The zero-order valence-electron chi connectivity index (χ0n) is 11.6. The Hall–Kier alpha value is -0.0300. The summed E-state index contributed by atoms with van der Waals surface area (Å²) in [5.41, 5.74) is 4.92. The number of rotatable bonds is 5. The molecule has 1 rings (SSSR count). The minimum absolute atomic E-state index is 0. The van der Waals surface area contributed by atoms with Crippen molar-refractivity contribution in [2.45, 2.75) is 51.1 Å². The van der Waals surface area contributed by atoms with Gasteiger partial charge in [-0.05, 0) is 33.7 Å². The number of carbonyl (C=O) groups excluding carboxylic acids is 1. The first-order valence-electron chi connectivity index (χ1n) is 6.18. The van der Waals surface area contributed by atoms with Gasteiger partial charge in [-0.3, -0.25) is 4.79 Å². The second-order valence-electron chi connectivity index (χ2n) is 5.40. The summed E-state index contributed by atoms with van der Waals surface area (Å²) in [6.07, 6.45) is 5.29. The average Bonchev–Trinajstić information content (AvgIpc) is 2.68. The van der Waals surface area contributed by atoms with Gasteiger partial charge in [0.1, 0.15) is 0 Å². The lowest BCUT2D eigenvalue weighted by molar-refractivity contribution is -0.125. The van der Waals surface area contributed by atoms with E-state index in [1.165, 1.54) is 25.7 Å². The molecule has 1 amide bonds. The molecule has 1 saturated carbocycles. The van der Waals surface area contributed by atoms with Crippen molar-refractivity contribution in [2.75, 3.05) is 20.1 Å². The first-order chi connectivity index (χ1) is 7.41. The van der Waals surface area contributed by atoms with Gasteiger partial charge in [0.25, 0.3) is 0 Å². The molecule has 0 unspecified atom stereocenters. The van der Waals surface area contributed by atoms with E-state index in [4.69, 9.17) is 5.73 Å². The average molecular weight is 300 g/mol. The van der Waals surface area contributed by atoms with Gasteiger partial charge in [0.2, 0.25) is 5.91 Å². The fourth-order valence-corrected chi connectivity index (χ4v) is 2.10. The van der Waals surface area contributed by atoms with Crippen LogP contribution in [-0.2, 0) is 4.79 Å². The Morgan fingerprint density at radius 1 is 1.33 bits per heavy atom. The van der Waals surface area contributed by atoms with Crippen LogP contribution in [0.15, 0.2) is 0 Å². The number of hydrogen-bond acceptors (Lipinski definition) is 3. The molecule has 4 nitrogen and oxygen atoms in total. The molecule has 0 radical (unpaired) electrons. The molecule has 1 fully saturated rings. The van der Waals surface area contributed by atoms with E-state index in [1.54, 1.807) is 13.8 Å². The Balaban J connectivity index is 0. The van der Waals surface area contributed by atoms with Gasteiger partial charge in [-0.25, -0.2) is 0 Å². The first-order valence-corrected chi connectivity index (χ1v) is 6.18. The van der Waals surface area contributed by atoms with Crippen molar-refractivity contribution in [1.82, 2.24) is 10.2 Å². The van der Waals surface area contributed by atoms with Crippen LogP contribution < -0.4 is 11.1 Å². The predicted octanol–water partition coefficient (Wildman–Crippen LogP) is 1.56. The van der Waals surface area contributed by atoms with E-state index in [9.17, 15) is 4.79 Å². The number of carbonyl (C=O) groups is 1. The second kappa shape index (κ2) is 8.97. The van der Waals surface area contributed by atoms with Crippen LogP contribution in [0.1, 0.15) is 39.5 Å². The molecular weight excluding hydrogens is 273 g/mol. The molecule has 0 saturated heterocycles. The Bertz CT molecular complexity index is 238. The minimum atomic E-state index is -0.772. The number of nitrogens with zero attached hydrogens (tertiary/aromatic N) is 1. The van der Waals surface area contributed by atoms with Crippen molar-refractivity contribution in [1.29, 1.82) is 0 Å². The van der Waals surface area contributed by atoms with E-state index >= 15 is 0 Å². The molecule has 0 bridgehead atoms. The third-order valence-electron chi connectivity index (χ3n) is 3.28. The number of nitrogens with two attached hydrogens (primary N) is 1. The van der Waals surface area contributed by atoms with Crippen LogP contribution in [0.2, 0.25) is 0 Å². The summed E-state index contributed by atoms with van der Waals surface area (Å²) >= 11 is 0. The van der Waals surface area contributed by atoms with Gasteiger partial charge in [0, 0.05) is 19.1 Å². The summed E-state index contributed by atoms with van der Waals surface area (Å²) in [5.74, 6) is -0.0766. The van der Waals surface area contributed by atoms with Crippen LogP contribution in [0.3, 0.4) is 0 Å². The zero-order valence-corrected chi connectivity index (χ0v) is 13.2. The van der Waals surface area contributed by atoms with E-state index in [2.05, 4.69) is 17.3 Å². The lowest BCUT2D eigenvalue weighted by atomic mass is 10.1. The third-order valence-corrected chi connectivity index (χ3v) is 3.28. The number of likely N-dealkylation sites (N-methyl/N-ethyl adjacent to an activating group) is 1. The van der Waals surface area contributed by atoms with E-state index in [0.29, 0.717) is 12.6 Å². The molecule has 0 spiro atoms. The van der Waals surface area contributed by atoms with Crippen LogP contribution in [0.25, 0.3) is 0 Å². The van der Waals surface area contributed by atoms with Crippen molar-refractivity contribution in [2.24, 2.45) is 5.73 Å². The van der Waals surface area contributed by atoms with Crippen molar-refractivity contribution in [3.05, 3.63) is 0 Å². The van der Waals surface area contributed by atoms with Crippen molar-refractivity contribution >= 4 is 30.7 Å². The highest BCUT2D eigenvalue weighted by Crippen LogP contribution is 2.21. The smallest absolute Gasteiger partial charge is 0.239 e. The van der Waals surface area contributed by atoms with E-state index in [1.807, 2.05) is 0 Å². The Labute approximate surface area is 123 Å². The highest BCUT2D eigenvalue weighted by molar-refractivity contribution is 5.85. The van der Waals surface area contributed by atoms with Gasteiger partial charge in [-0.1, -0.05) is 12.8 Å². The van der Waals surface area contributed by atoms with Crippen LogP contribution in [0.4, 0.5) is 0 Å². The van der Waals surface area contributed by atoms with Gasteiger partial charge in [-0.2, -0.15) is 0 Å². The van der Waals surface area contributed by atoms with E-state index in [0.717, 1.165) is 6.54 Å². The molecule has 6 heteroatoms. The quantitative estimate of drug-likeness (QED) is 0.810. The summed E-state index contributed by atoms with van der Waals surface area (Å²) in [6.45, 7) is 5.05. The third kappa shape index (κ3) is 6.78. The summed E-state index contributed by atoms with van der Waals surface area (Å²) in [5, 5.41) is 2.87. The van der Waals surface area contributed by atoms with E-state index in [-0.39, 0.29) is 30.7 Å². The fraction of sp³-hybridized carbons (Fsp3) is 0.917. The summed E-state index contributed by atoms with van der Waals surface area (Å²) in [6, 6.07) is 0.711. The maximum Gasteiger partial charge on any atom is 0.239 e. The molecule has 0 heterocycles. The molecule has 1 aliphatic carbocycles. The van der Waals surface area contributed by atoms with Gasteiger partial charge >= 0.3 is 0 Å². The van der Waals surface area contributed by atoms with Gasteiger partial charge in [-0.15, -0.1) is 24.8 Å². The maximum atomic E-state index is 11.5. The van der Waals surface area contributed by atoms with Crippen molar-refractivity contribution in [3.8, 4) is 0 Å². The SMILES string of the molecule is CN(CCNC(=O)C(C)(C)N)C1CCCC1.Cl.Cl. The summed E-state index contributed by atoms with van der Waals surface area (Å²) in [4.78, 5) is 13.9. The molecular formula is C12H27Cl2N3O. The van der Waals surface area contributed by atoms with Gasteiger partial charge in [0.15, 0.2) is 0 Å². The zero-order chi connectivity index (χ0) is 12.2. The topological polar surface area (TPSA) is 58.4 Å². The monoisotopic (exact) mass is 299 g/mol. The molecule has 110 valence electrons. The normalized spacial score (nSPS) is 16.1. The van der Waals surface area contributed by atoms with Crippen molar-refractivity contribution < 1.29 is 4.79 Å². The summed E-state index contributed by atoms with van der Waals surface area (Å²) in [7, 11) is 2.13. The molecule has 0 aromatic rings. The molecule has 0 aliphatic heterocycles. The first kappa shape index (κ1) is 20.3. The van der Waals surface area contributed by atoms with E-state index < -0.39 is 5.54 Å². The Kier molecular flexibility index (Phi) is 10.1. The van der Waals surface area contributed by atoms with Gasteiger partial charge in [0.05, 0.1) is 5.54 Å². The number of hydrogen-bond donors (Lipinski definition) is 2. The molecule has 3 N–H and O–H groups in total. The fourth-order valence-electron chi connectivity index (χ4n) is 2.10. The Morgan fingerprint density at radius 3 is 2.28 bits per heavy atom. The Morgan fingerprint density at radius 2 is 1.83 bits per heavy atom. The van der Waals surface area contributed by atoms with Crippen LogP contribution in [-0.4, -0.2) is 42.5 Å². The molecule has 0 aromatic carbocycles. The highest BCUT2D eigenvalue weighted by Gasteiger charge is 2.22. The molecule has 1 aliphatic rings. The maximum absolute atomic E-state index is 11.5. The van der Waals surface area contributed by atoms with Crippen LogP contribution in [0.5, 0.6) is 0 Å². The number of amides is 1. The molecule has 18 heavy (non-hydrogen) atoms.